The molecule has 2 aliphatic carbocycles. The number of nitrogens with one attached hydrogen (secondary N) is 1. The molecule has 98 valence electrons. The molecule has 0 amide bonds. The van der Waals surface area contributed by atoms with Crippen molar-refractivity contribution in [2.75, 3.05) is 6.54 Å². The van der Waals surface area contributed by atoms with Crippen molar-refractivity contribution in [3.05, 3.63) is 10.0 Å². The van der Waals surface area contributed by atoms with Crippen LogP contribution in [0.25, 0.3) is 0 Å². The fourth-order valence-electron chi connectivity index (χ4n) is 1.98. The van der Waals surface area contributed by atoms with E-state index in [4.69, 9.17) is 5.73 Å². The van der Waals surface area contributed by atoms with Gasteiger partial charge < -0.3 is 11.1 Å². The lowest BCUT2D eigenvalue weighted by Gasteiger charge is -2.25. The molecule has 0 spiro atoms. The summed E-state index contributed by atoms with van der Waals surface area (Å²) in [7, 11) is 0. The van der Waals surface area contributed by atoms with E-state index >= 15 is 0 Å². The fourth-order valence-corrected chi connectivity index (χ4v) is 2.92. The Hall–Kier alpha value is -1.17. The molecular formula is C12H19N5S. The summed E-state index contributed by atoms with van der Waals surface area (Å²) in [5, 5.41) is 13.7. The summed E-state index contributed by atoms with van der Waals surface area (Å²) in [6, 6.07) is 0. The number of aromatic nitrogens is 2. The first-order valence-electron chi connectivity index (χ1n) is 6.67. The van der Waals surface area contributed by atoms with Crippen molar-refractivity contribution in [2.24, 2.45) is 16.6 Å². The number of hydrogen-bond acceptors (Lipinski definition) is 4. The van der Waals surface area contributed by atoms with Gasteiger partial charge in [0.1, 0.15) is 10.0 Å². The SMILES string of the molecule is NC(=NCc1nnc(C2CC2)s1)NCC1CCC1. The van der Waals surface area contributed by atoms with Crippen LogP contribution in [0.3, 0.4) is 0 Å². The molecule has 0 atom stereocenters. The summed E-state index contributed by atoms with van der Waals surface area (Å²) < 4.78 is 0. The number of hydrogen-bond donors (Lipinski definition) is 2. The Bertz CT molecular complexity index is 433. The zero-order chi connectivity index (χ0) is 12.4. The summed E-state index contributed by atoms with van der Waals surface area (Å²) >= 11 is 1.67. The largest absolute Gasteiger partial charge is 0.370 e. The highest BCUT2D eigenvalue weighted by atomic mass is 32.1. The molecular weight excluding hydrogens is 246 g/mol. The zero-order valence-electron chi connectivity index (χ0n) is 10.4. The lowest BCUT2D eigenvalue weighted by molar-refractivity contribution is 0.315. The summed E-state index contributed by atoms with van der Waals surface area (Å²) in [6.07, 6.45) is 6.53. The number of nitrogens with zero attached hydrogens (tertiary/aromatic N) is 3. The predicted molar refractivity (Wildman–Crippen MR) is 72.6 cm³/mol. The van der Waals surface area contributed by atoms with Crippen LogP contribution < -0.4 is 11.1 Å². The van der Waals surface area contributed by atoms with Gasteiger partial charge in [-0.2, -0.15) is 0 Å². The molecule has 18 heavy (non-hydrogen) atoms. The Morgan fingerprint density at radius 1 is 1.33 bits per heavy atom. The second-order valence-corrected chi connectivity index (χ2v) is 6.28. The van der Waals surface area contributed by atoms with Crippen LogP contribution in [0.1, 0.15) is 48.0 Å². The lowest BCUT2D eigenvalue weighted by atomic mass is 9.85. The molecule has 0 radical (unpaired) electrons. The first-order valence-corrected chi connectivity index (χ1v) is 7.49. The zero-order valence-corrected chi connectivity index (χ0v) is 11.2. The van der Waals surface area contributed by atoms with Gasteiger partial charge in [-0.3, -0.25) is 0 Å². The van der Waals surface area contributed by atoms with Gasteiger partial charge >= 0.3 is 0 Å². The van der Waals surface area contributed by atoms with Gasteiger partial charge in [-0.15, -0.1) is 10.2 Å². The molecule has 0 aliphatic heterocycles. The van der Waals surface area contributed by atoms with Crippen LogP contribution in [0.4, 0.5) is 0 Å². The molecule has 3 N–H and O–H groups in total. The molecule has 0 aromatic carbocycles. The minimum Gasteiger partial charge on any atom is -0.370 e. The van der Waals surface area contributed by atoms with Crippen LogP contribution >= 0.6 is 11.3 Å². The maximum atomic E-state index is 5.82. The van der Waals surface area contributed by atoms with Crippen molar-refractivity contribution >= 4 is 17.3 Å². The van der Waals surface area contributed by atoms with Gasteiger partial charge in [0.25, 0.3) is 0 Å². The molecule has 6 heteroatoms. The van der Waals surface area contributed by atoms with Gasteiger partial charge in [-0.05, 0) is 31.6 Å². The highest BCUT2D eigenvalue weighted by Gasteiger charge is 2.27. The Morgan fingerprint density at radius 2 is 2.17 bits per heavy atom. The molecule has 0 saturated heterocycles. The first kappa shape index (κ1) is 11.9. The van der Waals surface area contributed by atoms with E-state index < -0.39 is 0 Å². The predicted octanol–water partition coefficient (Wildman–Crippen LogP) is 1.62. The fraction of sp³-hybridized carbons (Fsp3) is 0.750. The highest BCUT2D eigenvalue weighted by Crippen LogP contribution is 2.41. The molecule has 2 fully saturated rings. The maximum absolute atomic E-state index is 5.82. The third-order valence-corrected chi connectivity index (χ3v) is 4.66. The van der Waals surface area contributed by atoms with E-state index in [0.29, 0.717) is 18.4 Å². The van der Waals surface area contributed by atoms with Crippen LogP contribution in [0.5, 0.6) is 0 Å². The van der Waals surface area contributed by atoms with Crippen LogP contribution in [-0.2, 0) is 6.54 Å². The van der Waals surface area contributed by atoms with Crippen LogP contribution in [0, 0.1) is 5.92 Å². The normalized spacial score (nSPS) is 20.8. The minimum absolute atomic E-state index is 0.532. The maximum Gasteiger partial charge on any atom is 0.189 e. The van der Waals surface area contributed by atoms with Crippen LogP contribution in [0.2, 0.25) is 0 Å². The minimum atomic E-state index is 0.532. The van der Waals surface area contributed by atoms with Crippen molar-refractivity contribution in [1.82, 2.24) is 15.5 Å². The third kappa shape index (κ3) is 2.98. The average molecular weight is 265 g/mol. The molecule has 0 bridgehead atoms. The Morgan fingerprint density at radius 3 is 2.83 bits per heavy atom. The van der Waals surface area contributed by atoms with E-state index in [2.05, 4.69) is 20.5 Å². The van der Waals surface area contributed by atoms with Crippen molar-refractivity contribution in [1.29, 1.82) is 0 Å². The summed E-state index contributed by atoms with van der Waals surface area (Å²) in [5.41, 5.74) is 5.82. The van der Waals surface area contributed by atoms with Gasteiger partial charge in [0, 0.05) is 12.5 Å². The monoisotopic (exact) mass is 265 g/mol. The Balaban J connectivity index is 1.45. The third-order valence-electron chi connectivity index (χ3n) is 3.59. The Labute approximate surface area is 111 Å². The number of aliphatic imine (C=N–C) groups is 1. The van der Waals surface area contributed by atoms with Gasteiger partial charge in [0.2, 0.25) is 0 Å². The second-order valence-electron chi connectivity index (χ2n) is 5.19. The van der Waals surface area contributed by atoms with Crippen molar-refractivity contribution in [3.63, 3.8) is 0 Å². The number of guanidine groups is 1. The van der Waals surface area contributed by atoms with Crippen molar-refractivity contribution in [3.8, 4) is 0 Å². The van der Waals surface area contributed by atoms with E-state index in [1.807, 2.05) is 0 Å². The second kappa shape index (κ2) is 5.22. The molecule has 5 nitrogen and oxygen atoms in total. The van der Waals surface area contributed by atoms with E-state index in [9.17, 15) is 0 Å². The molecule has 2 aliphatic rings. The number of rotatable bonds is 5. The van der Waals surface area contributed by atoms with Crippen LogP contribution in [0.15, 0.2) is 4.99 Å². The lowest BCUT2D eigenvalue weighted by Crippen LogP contribution is -2.37. The van der Waals surface area contributed by atoms with E-state index in [1.54, 1.807) is 11.3 Å². The topological polar surface area (TPSA) is 76.2 Å². The smallest absolute Gasteiger partial charge is 0.189 e. The van der Waals surface area contributed by atoms with Gasteiger partial charge in [-0.1, -0.05) is 17.8 Å². The molecule has 3 rings (SSSR count). The van der Waals surface area contributed by atoms with E-state index in [1.165, 1.54) is 37.1 Å². The van der Waals surface area contributed by atoms with Crippen LogP contribution in [-0.4, -0.2) is 22.7 Å². The van der Waals surface area contributed by atoms with Crippen molar-refractivity contribution < 1.29 is 0 Å². The highest BCUT2D eigenvalue weighted by molar-refractivity contribution is 7.11. The molecule has 2 saturated carbocycles. The van der Waals surface area contributed by atoms with Gasteiger partial charge in [0.05, 0.1) is 6.54 Å². The average Bonchev–Trinajstić information content (AvgIpc) is 3.04. The van der Waals surface area contributed by atoms with Gasteiger partial charge in [-0.25, -0.2) is 4.99 Å². The quantitative estimate of drug-likeness (QED) is 0.626. The Kier molecular flexibility index (Phi) is 3.45. The number of nitrogens with two attached hydrogens (primary N) is 1. The summed E-state index contributed by atoms with van der Waals surface area (Å²) in [6.45, 7) is 1.51. The van der Waals surface area contributed by atoms with Gasteiger partial charge in [0.15, 0.2) is 5.96 Å². The first-order chi connectivity index (χ1) is 8.81. The molecule has 1 aromatic heterocycles. The van der Waals surface area contributed by atoms with E-state index in [-0.39, 0.29) is 0 Å². The van der Waals surface area contributed by atoms with E-state index in [0.717, 1.165) is 17.5 Å². The molecule has 1 aromatic rings. The summed E-state index contributed by atoms with van der Waals surface area (Å²) in [4.78, 5) is 4.31. The summed E-state index contributed by atoms with van der Waals surface area (Å²) in [5.74, 6) is 2.00. The molecule has 0 unspecified atom stereocenters. The molecule has 1 heterocycles. The van der Waals surface area contributed by atoms with Crippen molar-refractivity contribution in [2.45, 2.75) is 44.6 Å². The standard InChI is InChI=1S/C12H19N5S/c13-12(14-6-8-2-1-3-8)15-7-10-16-17-11(18-10)9-4-5-9/h8-9H,1-7H2,(H3,13,14,15).